The number of ether oxygens (including phenoxy) is 2. The van der Waals surface area contributed by atoms with E-state index in [1.54, 1.807) is 43.8 Å². The summed E-state index contributed by atoms with van der Waals surface area (Å²) in [6, 6.07) is 15.6. The molecule has 1 aromatic heterocycles. The number of carbonyl (C=O) groups is 1. The number of carbonyl (C=O) groups excluding carboxylic acids is 1. The predicted molar refractivity (Wildman–Crippen MR) is 114 cm³/mol. The van der Waals surface area contributed by atoms with Gasteiger partial charge in [0, 0.05) is 36.5 Å². The van der Waals surface area contributed by atoms with E-state index >= 15 is 0 Å². The Morgan fingerprint density at radius 2 is 1.93 bits per heavy atom. The normalized spacial score (nSPS) is 13.6. The molecule has 0 saturated carbocycles. The number of nitrogens with one attached hydrogen (secondary N) is 1. The molecule has 150 valence electrons. The fourth-order valence-corrected chi connectivity index (χ4v) is 4.47. The van der Waals surface area contributed by atoms with E-state index < -0.39 is 0 Å². The Labute approximate surface area is 174 Å². The van der Waals surface area contributed by atoms with Gasteiger partial charge in [0.25, 0.3) is 5.91 Å². The highest BCUT2D eigenvalue weighted by molar-refractivity contribution is 7.15. The molecule has 1 N–H and O–H groups in total. The second-order valence-electron chi connectivity index (χ2n) is 6.86. The van der Waals surface area contributed by atoms with Crippen molar-refractivity contribution in [2.24, 2.45) is 0 Å². The molecule has 2 heterocycles. The number of hydrogen-bond donors (Lipinski definition) is 1. The van der Waals surface area contributed by atoms with Gasteiger partial charge in [0.15, 0.2) is 16.6 Å². The second-order valence-corrected chi connectivity index (χ2v) is 7.94. The van der Waals surface area contributed by atoms with E-state index in [2.05, 4.69) is 39.5 Å². The molecule has 7 heteroatoms. The van der Waals surface area contributed by atoms with Crippen molar-refractivity contribution in [2.45, 2.75) is 19.5 Å². The van der Waals surface area contributed by atoms with Crippen LogP contribution in [0.25, 0.3) is 0 Å². The largest absolute Gasteiger partial charge is 0.493 e. The van der Waals surface area contributed by atoms with Gasteiger partial charge in [-0.1, -0.05) is 30.3 Å². The van der Waals surface area contributed by atoms with E-state index in [1.807, 2.05) is 6.07 Å². The van der Waals surface area contributed by atoms with Gasteiger partial charge in [-0.05, 0) is 23.8 Å². The van der Waals surface area contributed by atoms with Crippen molar-refractivity contribution in [3.05, 3.63) is 70.2 Å². The Bertz CT molecular complexity index is 1000. The Morgan fingerprint density at radius 3 is 2.69 bits per heavy atom. The lowest BCUT2D eigenvalue weighted by atomic mass is 10.1. The molecule has 0 aliphatic carbocycles. The fraction of sp³-hybridized carbons (Fsp3) is 0.273. The van der Waals surface area contributed by atoms with Crippen molar-refractivity contribution in [3.8, 4) is 11.5 Å². The van der Waals surface area contributed by atoms with Crippen LogP contribution in [0, 0.1) is 0 Å². The van der Waals surface area contributed by atoms with Crippen molar-refractivity contribution >= 4 is 22.4 Å². The van der Waals surface area contributed by atoms with Crippen LogP contribution in [-0.4, -0.2) is 36.6 Å². The first-order chi connectivity index (χ1) is 14.2. The molecule has 1 aliphatic rings. The molecule has 29 heavy (non-hydrogen) atoms. The van der Waals surface area contributed by atoms with Crippen molar-refractivity contribution < 1.29 is 14.3 Å². The highest BCUT2D eigenvalue weighted by atomic mass is 32.1. The zero-order chi connectivity index (χ0) is 20.2. The number of fused-ring (bicyclic) bond motifs is 1. The number of aromatic nitrogens is 1. The molecule has 1 amide bonds. The maximum absolute atomic E-state index is 12.6. The van der Waals surface area contributed by atoms with E-state index in [0.717, 1.165) is 31.7 Å². The monoisotopic (exact) mass is 409 g/mol. The number of nitrogens with zero attached hydrogens (tertiary/aromatic N) is 2. The molecule has 3 aromatic rings. The van der Waals surface area contributed by atoms with Crippen LogP contribution in [0.5, 0.6) is 11.5 Å². The third kappa shape index (κ3) is 4.41. The zero-order valence-electron chi connectivity index (χ0n) is 16.5. The topological polar surface area (TPSA) is 63.7 Å². The maximum Gasteiger partial charge on any atom is 0.257 e. The first-order valence-electron chi connectivity index (χ1n) is 9.44. The summed E-state index contributed by atoms with van der Waals surface area (Å²) in [5, 5.41) is 3.56. The van der Waals surface area contributed by atoms with Crippen LogP contribution in [-0.2, 0) is 19.5 Å². The van der Waals surface area contributed by atoms with E-state index in [0.29, 0.717) is 22.2 Å². The van der Waals surface area contributed by atoms with Crippen LogP contribution in [0.3, 0.4) is 0 Å². The van der Waals surface area contributed by atoms with Crippen molar-refractivity contribution in [1.29, 1.82) is 0 Å². The molecule has 0 unspecified atom stereocenters. The van der Waals surface area contributed by atoms with Gasteiger partial charge in [0.2, 0.25) is 0 Å². The number of amides is 1. The summed E-state index contributed by atoms with van der Waals surface area (Å²) in [7, 11) is 3.12. The second kappa shape index (κ2) is 8.63. The molecular formula is C22H23N3O3S. The molecule has 0 spiro atoms. The van der Waals surface area contributed by atoms with Crippen molar-refractivity contribution in [2.75, 3.05) is 26.1 Å². The quantitative estimate of drug-likeness (QED) is 0.667. The van der Waals surface area contributed by atoms with Gasteiger partial charge in [-0.3, -0.25) is 15.0 Å². The van der Waals surface area contributed by atoms with Crippen molar-refractivity contribution in [1.82, 2.24) is 9.88 Å². The molecule has 0 saturated heterocycles. The van der Waals surface area contributed by atoms with Gasteiger partial charge in [-0.2, -0.15) is 0 Å². The third-order valence-corrected chi connectivity index (χ3v) is 5.92. The molecule has 0 bridgehead atoms. The Balaban J connectivity index is 1.43. The Hall–Kier alpha value is -2.90. The molecule has 6 nitrogen and oxygen atoms in total. The summed E-state index contributed by atoms with van der Waals surface area (Å²) < 4.78 is 10.5. The Morgan fingerprint density at radius 1 is 1.14 bits per heavy atom. The van der Waals surface area contributed by atoms with E-state index in [4.69, 9.17) is 9.47 Å². The van der Waals surface area contributed by atoms with Crippen LogP contribution < -0.4 is 14.8 Å². The van der Waals surface area contributed by atoms with Crippen LogP contribution in [0.1, 0.15) is 26.5 Å². The molecule has 0 radical (unpaired) electrons. The SMILES string of the molecule is COc1ccc(C(=O)Nc2nc3c(s2)CN(Cc2ccccc2)CC3)cc1OC. The number of rotatable bonds is 6. The number of hydrogen-bond acceptors (Lipinski definition) is 6. The first kappa shape index (κ1) is 19.4. The summed E-state index contributed by atoms with van der Waals surface area (Å²) in [6.07, 6.45) is 0.894. The van der Waals surface area contributed by atoms with E-state index in [1.165, 1.54) is 10.4 Å². The number of thiazole rings is 1. The van der Waals surface area contributed by atoms with Crippen LogP contribution in [0.4, 0.5) is 5.13 Å². The molecule has 1 aliphatic heterocycles. The van der Waals surface area contributed by atoms with Gasteiger partial charge in [-0.15, -0.1) is 11.3 Å². The molecule has 2 aromatic carbocycles. The van der Waals surface area contributed by atoms with Gasteiger partial charge in [0.1, 0.15) is 0 Å². The number of benzene rings is 2. The standard InChI is InChI=1S/C22H23N3O3S/c1-27-18-9-8-16(12-19(18)28-2)21(26)24-22-23-17-10-11-25(14-20(17)29-22)13-15-6-4-3-5-7-15/h3-9,12H,10-11,13-14H2,1-2H3,(H,23,24,26). The average Bonchev–Trinajstić information content (AvgIpc) is 3.15. The lowest BCUT2D eigenvalue weighted by Gasteiger charge is -2.25. The predicted octanol–water partition coefficient (Wildman–Crippen LogP) is 3.97. The summed E-state index contributed by atoms with van der Waals surface area (Å²) >= 11 is 1.55. The minimum absolute atomic E-state index is 0.210. The summed E-state index contributed by atoms with van der Waals surface area (Å²) in [4.78, 5) is 20.9. The summed E-state index contributed by atoms with van der Waals surface area (Å²) in [5.74, 6) is 0.903. The average molecular weight is 410 g/mol. The zero-order valence-corrected chi connectivity index (χ0v) is 17.3. The van der Waals surface area contributed by atoms with Crippen molar-refractivity contribution in [3.63, 3.8) is 0 Å². The van der Waals surface area contributed by atoms with Crippen LogP contribution in [0.2, 0.25) is 0 Å². The highest BCUT2D eigenvalue weighted by Crippen LogP contribution is 2.31. The molecule has 0 fully saturated rings. The van der Waals surface area contributed by atoms with E-state index in [9.17, 15) is 4.79 Å². The van der Waals surface area contributed by atoms with Crippen LogP contribution >= 0.6 is 11.3 Å². The highest BCUT2D eigenvalue weighted by Gasteiger charge is 2.22. The van der Waals surface area contributed by atoms with Gasteiger partial charge in [-0.25, -0.2) is 4.98 Å². The summed E-state index contributed by atoms with van der Waals surface area (Å²) in [5.41, 5.74) is 2.89. The first-order valence-corrected chi connectivity index (χ1v) is 10.3. The summed E-state index contributed by atoms with van der Waals surface area (Å²) in [6.45, 7) is 2.74. The minimum Gasteiger partial charge on any atom is -0.493 e. The van der Waals surface area contributed by atoms with Gasteiger partial charge in [0.05, 0.1) is 19.9 Å². The van der Waals surface area contributed by atoms with E-state index in [-0.39, 0.29) is 5.91 Å². The lowest BCUT2D eigenvalue weighted by Crippen LogP contribution is -2.29. The van der Waals surface area contributed by atoms with Crippen LogP contribution in [0.15, 0.2) is 48.5 Å². The number of anilines is 1. The van der Waals surface area contributed by atoms with Gasteiger partial charge < -0.3 is 9.47 Å². The molecular weight excluding hydrogens is 386 g/mol. The third-order valence-electron chi connectivity index (χ3n) is 4.93. The number of methoxy groups -OCH3 is 2. The molecule has 0 atom stereocenters. The van der Waals surface area contributed by atoms with Gasteiger partial charge >= 0.3 is 0 Å². The Kier molecular flexibility index (Phi) is 5.78. The minimum atomic E-state index is -0.210. The molecule has 4 rings (SSSR count). The smallest absolute Gasteiger partial charge is 0.257 e. The lowest BCUT2D eigenvalue weighted by molar-refractivity contribution is 0.102. The maximum atomic E-state index is 12.6. The fourth-order valence-electron chi connectivity index (χ4n) is 3.43.